The Morgan fingerprint density at radius 2 is 1.96 bits per heavy atom. The highest BCUT2D eigenvalue weighted by atomic mass is 16.6. The van der Waals surface area contributed by atoms with Gasteiger partial charge in [-0.25, -0.2) is 0 Å². The third-order valence-corrected chi connectivity index (χ3v) is 3.49. The average molecular weight is 344 g/mol. The SMILES string of the molecule is CCOCCOc1ccccc1C(=O)Nc1ccc([N+](=O)[O-])cc1C. The van der Waals surface area contributed by atoms with Crippen molar-refractivity contribution in [1.82, 2.24) is 0 Å². The maximum absolute atomic E-state index is 12.5. The molecule has 0 unspecified atom stereocenters. The fourth-order valence-electron chi connectivity index (χ4n) is 2.23. The number of anilines is 1. The van der Waals surface area contributed by atoms with Gasteiger partial charge < -0.3 is 14.8 Å². The summed E-state index contributed by atoms with van der Waals surface area (Å²) in [6.45, 7) is 4.98. The number of benzene rings is 2. The van der Waals surface area contributed by atoms with Gasteiger partial charge in [0.05, 0.1) is 17.1 Å². The third kappa shape index (κ3) is 5.02. The number of nitrogens with zero attached hydrogens (tertiary/aromatic N) is 1. The lowest BCUT2D eigenvalue weighted by Gasteiger charge is -2.12. The van der Waals surface area contributed by atoms with E-state index in [9.17, 15) is 14.9 Å². The summed E-state index contributed by atoms with van der Waals surface area (Å²) in [5.74, 6) is 0.114. The molecule has 0 saturated carbocycles. The van der Waals surface area contributed by atoms with Gasteiger partial charge in [-0.3, -0.25) is 14.9 Å². The fraction of sp³-hybridized carbons (Fsp3) is 0.278. The maximum atomic E-state index is 12.5. The van der Waals surface area contributed by atoms with Crippen LogP contribution in [0, 0.1) is 17.0 Å². The van der Waals surface area contributed by atoms with E-state index in [1.807, 2.05) is 6.92 Å². The van der Waals surface area contributed by atoms with Gasteiger partial charge in [-0.1, -0.05) is 12.1 Å². The summed E-state index contributed by atoms with van der Waals surface area (Å²) < 4.78 is 10.8. The van der Waals surface area contributed by atoms with Crippen LogP contribution in [-0.2, 0) is 4.74 Å². The Labute approximate surface area is 145 Å². The van der Waals surface area contributed by atoms with Crippen LogP contribution >= 0.6 is 0 Å². The molecule has 0 fully saturated rings. The highest BCUT2D eigenvalue weighted by Gasteiger charge is 2.15. The quantitative estimate of drug-likeness (QED) is 0.449. The largest absolute Gasteiger partial charge is 0.490 e. The Morgan fingerprint density at radius 3 is 2.64 bits per heavy atom. The third-order valence-electron chi connectivity index (χ3n) is 3.49. The van der Waals surface area contributed by atoms with Crippen molar-refractivity contribution < 1.29 is 19.2 Å². The summed E-state index contributed by atoms with van der Waals surface area (Å²) in [5, 5.41) is 13.6. The Kier molecular flexibility index (Phi) is 6.47. The van der Waals surface area contributed by atoms with Gasteiger partial charge in [0.2, 0.25) is 0 Å². The van der Waals surface area contributed by atoms with Crippen LogP contribution < -0.4 is 10.1 Å². The number of ether oxygens (including phenoxy) is 2. The number of carbonyl (C=O) groups excluding carboxylic acids is 1. The van der Waals surface area contributed by atoms with Gasteiger partial charge in [0, 0.05) is 24.4 Å². The van der Waals surface area contributed by atoms with Gasteiger partial charge in [-0.15, -0.1) is 0 Å². The summed E-state index contributed by atoms with van der Waals surface area (Å²) in [6, 6.07) is 11.2. The van der Waals surface area contributed by atoms with Crippen molar-refractivity contribution in [3.63, 3.8) is 0 Å². The second kappa shape index (κ2) is 8.79. The highest BCUT2D eigenvalue weighted by molar-refractivity contribution is 6.06. The monoisotopic (exact) mass is 344 g/mol. The number of rotatable bonds is 8. The first-order valence-corrected chi connectivity index (χ1v) is 7.89. The van der Waals surface area contributed by atoms with Crippen molar-refractivity contribution in [1.29, 1.82) is 0 Å². The lowest BCUT2D eigenvalue weighted by molar-refractivity contribution is -0.384. The van der Waals surface area contributed by atoms with Crippen LogP contribution in [0.3, 0.4) is 0 Å². The Morgan fingerprint density at radius 1 is 1.20 bits per heavy atom. The Hall–Kier alpha value is -2.93. The molecule has 2 aromatic rings. The number of hydrogen-bond acceptors (Lipinski definition) is 5. The van der Waals surface area contributed by atoms with E-state index in [0.717, 1.165) is 0 Å². The molecule has 2 aromatic carbocycles. The first-order valence-electron chi connectivity index (χ1n) is 7.89. The van der Waals surface area contributed by atoms with Crippen LogP contribution in [0.15, 0.2) is 42.5 Å². The molecule has 0 heterocycles. The smallest absolute Gasteiger partial charge is 0.269 e. The summed E-state index contributed by atoms with van der Waals surface area (Å²) in [6.07, 6.45) is 0. The molecule has 0 aromatic heterocycles. The lowest BCUT2D eigenvalue weighted by Crippen LogP contribution is -2.15. The zero-order chi connectivity index (χ0) is 18.2. The zero-order valence-corrected chi connectivity index (χ0v) is 14.2. The first-order chi connectivity index (χ1) is 12.0. The first kappa shape index (κ1) is 18.4. The van der Waals surface area contributed by atoms with Gasteiger partial charge in [0.1, 0.15) is 12.4 Å². The molecule has 0 bridgehead atoms. The molecule has 0 aliphatic carbocycles. The van der Waals surface area contributed by atoms with E-state index in [1.54, 1.807) is 31.2 Å². The molecule has 0 radical (unpaired) electrons. The molecule has 1 amide bonds. The van der Waals surface area contributed by atoms with Crippen molar-refractivity contribution in [3.8, 4) is 5.75 Å². The Balaban J connectivity index is 2.12. The number of hydrogen-bond donors (Lipinski definition) is 1. The topological polar surface area (TPSA) is 90.7 Å². The zero-order valence-electron chi connectivity index (χ0n) is 14.2. The number of non-ortho nitro benzene ring substituents is 1. The number of nitro groups is 1. The van der Waals surface area contributed by atoms with E-state index >= 15 is 0 Å². The van der Waals surface area contributed by atoms with Gasteiger partial charge >= 0.3 is 0 Å². The molecule has 25 heavy (non-hydrogen) atoms. The van der Waals surface area contributed by atoms with Gasteiger partial charge in [-0.2, -0.15) is 0 Å². The van der Waals surface area contributed by atoms with E-state index < -0.39 is 4.92 Å². The van der Waals surface area contributed by atoms with Crippen molar-refractivity contribution in [3.05, 3.63) is 63.7 Å². The molecular formula is C18H20N2O5. The molecule has 0 saturated heterocycles. The second-order valence-corrected chi connectivity index (χ2v) is 5.25. The molecular weight excluding hydrogens is 324 g/mol. The predicted octanol–water partition coefficient (Wildman–Crippen LogP) is 3.57. The minimum Gasteiger partial charge on any atom is -0.490 e. The summed E-state index contributed by atoms with van der Waals surface area (Å²) in [5.41, 5.74) is 1.49. The molecule has 7 heteroatoms. The molecule has 0 aliphatic rings. The molecule has 7 nitrogen and oxygen atoms in total. The minimum absolute atomic E-state index is 0.0184. The number of nitrogens with one attached hydrogen (secondary N) is 1. The number of nitro benzene ring substituents is 1. The number of para-hydroxylation sites is 1. The normalized spacial score (nSPS) is 10.3. The number of amides is 1. The van der Waals surface area contributed by atoms with Gasteiger partial charge in [0.25, 0.3) is 11.6 Å². The highest BCUT2D eigenvalue weighted by Crippen LogP contribution is 2.24. The molecule has 1 N–H and O–H groups in total. The van der Waals surface area contributed by atoms with Crippen LogP contribution in [0.1, 0.15) is 22.8 Å². The molecule has 0 aliphatic heterocycles. The van der Waals surface area contributed by atoms with Crippen LogP contribution in [0.5, 0.6) is 5.75 Å². The van der Waals surface area contributed by atoms with Crippen molar-refractivity contribution >= 4 is 17.3 Å². The number of aryl methyl sites for hydroxylation is 1. The molecule has 0 spiro atoms. The van der Waals surface area contributed by atoms with Crippen LogP contribution in [0.4, 0.5) is 11.4 Å². The Bertz CT molecular complexity index is 761. The van der Waals surface area contributed by atoms with Crippen LogP contribution in [0.25, 0.3) is 0 Å². The van der Waals surface area contributed by atoms with E-state index in [4.69, 9.17) is 9.47 Å². The second-order valence-electron chi connectivity index (χ2n) is 5.25. The minimum atomic E-state index is -0.472. The predicted molar refractivity (Wildman–Crippen MR) is 94.2 cm³/mol. The van der Waals surface area contributed by atoms with E-state index in [-0.39, 0.29) is 11.6 Å². The molecule has 0 atom stereocenters. The number of carbonyl (C=O) groups is 1. The maximum Gasteiger partial charge on any atom is 0.269 e. The summed E-state index contributed by atoms with van der Waals surface area (Å²) >= 11 is 0. The van der Waals surface area contributed by atoms with E-state index in [1.165, 1.54) is 18.2 Å². The van der Waals surface area contributed by atoms with Crippen molar-refractivity contribution in [2.75, 3.05) is 25.1 Å². The van der Waals surface area contributed by atoms with E-state index in [2.05, 4.69) is 5.32 Å². The van der Waals surface area contributed by atoms with Gasteiger partial charge in [0.15, 0.2) is 0 Å². The molecule has 132 valence electrons. The van der Waals surface area contributed by atoms with E-state index in [0.29, 0.717) is 42.4 Å². The standard InChI is InChI=1S/C18H20N2O5/c1-3-24-10-11-25-17-7-5-4-6-15(17)18(21)19-16-9-8-14(20(22)23)12-13(16)2/h4-9,12H,3,10-11H2,1-2H3,(H,19,21). The van der Waals surface area contributed by atoms with Crippen LogP contribution in [-0.4, -0.2) is 30.7 Å². The van der Waals surface area contributed by atoms with Gasteiger partial charge in [-0.05, 0) is 37.6 Å². The fourth-order valence-corrected chi connectivity index (χ4v) is 2.23. The summed E-state index contributed by atoms with van der Waals surface area (Å²) in [7, 11) is 0. The van der Waals surface area contributed by atoms with Crippen molar-refractivity contribution in [2.24, 2.45) is 0 Å². The molecule has 2 rings (SSSR count). The average Bonchev–Trinajstić information content (AvgIpc) is 2.60. The van der Waals surface area contributed by atoms with Crippen LogP contribution in [0.2, 0.25) is 0 Å². The van der Waals surface area contributed by atoms with Crippen molar-refractivity contribution in [2.45, 2.75) is 13.8 Å². The lowest BCUT2D eigenvalue weighted by atomic mass is 10.1. The summed E-state index contributed by atoms with van der Waals surface area (Å²) in [4.78, 5) is 22.9.